The van der Waals surface area contributed by atoms with Gasteiger partial charge in [0, 0.05) is 36.4 Å². The number of carbonyl (C=O) groups excluding carboxylic acids is 1. The van der Waals surface area contributed by atoms with Crippen molar-refractivity contribution in [1.82, 2.24) is 9.29 Å². The van der Waals surface area contributed by atoms with Crippen LogP contribution in [0.1, 0.15) is 12.8 Å². The molecule has 0 radical (unpaired) electrons. The second-order valence-corrected chi connectivity index (χ2v) is 9.50. The minimum Gasteiger partial charge on any atom is -0.493 e. The van der Waals surface area contributed by atoms with E-state index in [2.05, 4.69) is 10.3 Å². The van der Waals surface area contributed by atoms with Crippen molar-refractivity contribution >= 4 is 32.5 Å². The summed E-state index contributed by atoms with van der Waals surface area (Å²) < 4.78 is 38.7. The first-order valence-corrected chi connectivity index (χ1v) is 11.7. The highest BCUT2D eigenvalue weighted by molar-refractivity contribution is 7.89. The van der Waals surface area contributed by atoms with Crippen molar-refractivity contribution in [3.63, 3.8) is 0 Å². The van der Waals surface area contributed by atoms with E-state index >= 15 is 0 Å². The molecule has 168 valence electrons. The van der Waals surface area contributed by atoms with E-state index in [-0.39, 0.29) is 17.3 Å². The van der Waals surface area contributed by atoms with Gasteiger partial charge in [-0.3, -0.25) is 9.78 Å². The fourth-order valence-corrected chi connectivity index (χ4v) is 5.65. The zero-order chi connectivity index (χ0) is 22.7. The van der Waals surface area contributed by atoms with Gasteiger partial charge in [0.25, 0.3) is 0 Å². The third-order valence-corrected chi connectivity index (χ3v) is 7.52. The number of sulfonamides is 1. The number of nitrogens with one attached hydrogen (secondary N) is 1. The molecule has 2 aromatic carbocycles. The maximum Gasteiger partial charge on any atom is 0.245 e. The predicted molar refractivity (Wildman–Crippen MR) is 121 cm³/mol. The van der Waals surface area contributed by atoms with Crippen LogP contribution in [0.2, 0.25) is 0 Å². The van der Waals surface area contributed by atoms with Crippen LogP contribution in [0.15, 0.2) is 59.6 Å². The third kappa shape index (κ3) is 4.26. The van der Waals surface area contributed by atoms with Gasteiger partial charge in [-0.2, -0.15) is 4.31 Å². The molecule has 1 N–H and O–H groups in total. The van der Waals surface area contributed by atoms with Gasteiger partial charge in [-0.05, 0) is 37.1 Å². The van der Waals surface area contributed by atoms with Gasteiger partial charge in [-0.15, -0.1) is 0 Å². The summed E-state index contributed by atoms with van der Waals surface area (Å²) in [5.74, 6) is 0.369. The zero-order valence-corrected chi connectivity index (χ0v) is 18.8. The molecule has 1 aromatic heterocycles. The van der Waals surface area contributed by atoms with Crippen molar-refractivity contribution in [2.75, 3.05) is 32.6 Å². The molecule has 1 amide bonds. The number of hydrogen-bond acceptors (Lipinski definition) is 6. The molecule has 2 heterocycles. The molecule has 4 rings (SSSR count). The topological polar surface area (TPSA) is 97.8 Å². The van der Waals surface area contributed by atoms with Gasteiger partial charge in [0.1, 0.15) is 4.90 Å². The maximum atomic E-state index is 13.4. The Hall–Kier alpha value is -3.17. The molecule has 1 aliphatic heterocycles. The molecular formula is C23H25N3O5S. The lowest BCUT2D eigenvalue weighted by Gasteiger charge is -2.31. The Labute approximate surface area is 187 Å². The lowest BCUT2D eigenvalue weighted by Crippen LogP contribution is -2.43. The number of aromatic nitrogens is 1. The number of fused-ring (bicyclic) bond motifs is 1. The molecule has 0 aliphatic carbocycles. The number of hydrogen-bond donors (Lipinski definition) is 1. The molecule has 3 aromatic rings. The molecule has 0 bridgehead atoms. The van der Waals surface area contributed by atoms with Crippen LogP contribution in [0.5, 0.6) is 11.5 Å². The maximum absolute atomic E-state index is 13.4. The predicted octanol–water partition coefficient (Wildman–Crippen LogP) is 3.29. The summed E-state index contributed by atoms with van der Waals surface area (Å²) >= 11 is 0. The molecule has 8 nitrogen and oxygen atoms in total. The minimum absolute atomic E-state index is 0.116. The van der Waals surface area contributed by atoms with Crippen LogP contribution in [0, 0.1) is 5.92 Å². The van der Waals surface area contributed by atoms with Crippen molar-refractivity contribution in [3.8, 4) is 11.5 Å². The Balaban J connectivity index is 1.53. The van der Waals surface area contributed by atoms with Crippen LogP contribution in [0.4, 0.5) is 5.69 Å². The summed E-state index contributed by atoms with van der Waals surface area (Å²) in [5.41, 5.74) is 0.998. The van der Waals surface area contributed by atoms with Gasteiger partial charge in [0.2, 0.25) is 15.9 Å². The second-order valence-electron chi connectivity index (χ2n) is 7.59. The Bertz CT molecular complexity index is 1240. The SMILES string of the molecule is COc1ccc(NC(=O)[C@@H]2CCCN(S(=O)(=O)c3cccc4cccnc34)C2)cc1OC. The largest absolute Gasteiger partial charge is 0.493 e. The number of benzene rings is 2. The summed E-state index contributed by atoms with van der Waals surface area (Å²) in [6.07, 6.45) is 2.79. The van der Waals surface area contributed by atoms with Crippen LogP contribution < -0.4 is 14.8 Å². The summed E-state index contributed by atoms with van der Waals surface area (Å²) in [5, 5.41) is 3.63. The molecule has 9 heteroatoms. The quantitative estimate of drug-likeness (QED) is 0.613. The van der Waals surface area contributed by atoms with E-state index < -0.39 is 15.9 Å². The van der Waals surface area contributed by atoms with Gasteiger partial charge in [-0.25, -0.2) is 8.42 Å². The number of rotatable bonds is 6. The summed E-state index contributed by atoms with van der Waals surface area (Å²) in [7, 11) is -0.730. The molecule has 1 aliphatic rings. The third-order valence-electron chi connectivity index (χ3n) is 5.62. The number of amides is 1. The van der Waals surface area contributed by atoms with Gasteiger partial charge < -0.3 is 14.8 Å². The van der Waals surface area contributed by atoms with Gasteiger partial charge >= 0.3 is 0 Å². The Morgan fingerprint density at radius 1 is 1.09 bits per heavy atom. The van der Waals surface area contributed by atoms with E-state index in [1.54, 1.807) is 49.7 Å². The molecule has 0 unspecified atom stereocenters. The van der Waals surface area contributed by atoms with E-state index in [1.807, 2.05) is 12.1 Å². The number of para-hydroxylation sites is 1. The van der Waals surface area contributed by atoms with E-state index in [0.717, 1.165) is 5.39 Å². The fraction of sp³-hybridized carbons (Fsp3) is 0.304. The molecule has 1 fully saturated rings. The van der Waals surface area contributed by atoms with Gasteiger partial charge in [0.05, 0.1) is 25.7 Å². The Morgan fingerprint density at radius 3 is 2.66 bits per heavy atom. The molecular weight excluding hydrogens is 430 g/mol. The second kappa shape index (κ2) is 9.13. The number of piperidine rings is 1. The van der Waals surface area contributed by atoms with Crippen molar-refractivity contribution in [2.45, 2.75) is 17.7 Å². The number of methoxy groups -OCH3 is 2. The van der Waals surface area contributed by atoms with E-state index in [4.69, 9.17) is 9.47 Å². The van der Waals surface area contributed by atoms with Crippen molar-refractivity contribution in [2.24, 2.45) is 5.92 Å². The lowest BCUT2D eigenvalue weighted by atomic mass is 9.98. The van der Waals surface area contributed by atoms with Crippen LogP contribution >= 0.6 is 0 Å². The highest BCUT2D eigenvalue weighted by atomic mass is 32.2. The van der Waals surface area contributed by atoms with E-state index in [1.165, 1.54) is 11.4 Å². The number of ether oxygens (including phenoxy) is 2. The summed E-state index contributed by atoms with van der Waals surface area (Å²) in [6, 6.07) is 13.8. The number of pyridine rings is 1. The van der Waals surface area contributed by atoms with Crippen LogP contribution in [-0.2, 0) is 14.8 Å². The molecule has 1 saturated heterocycles. The normalized spacial score (nSPS) is 17.1. The molecule has 0 saturated carbocycles. The minimum atomic E-state index is -3.79. The van der Waals surface area contributed by atoms with E-state index in [0.29, 0.717) is 42.1 Å². The highest BCUT2D eigenvalue weighted by Crippen LogP contribution is 2.31. The Morgan fingerprint density at radius 2 is 1.88 bits per heavy atom. The smallest absolute Gasteiger partial charge is 0.245 e. The summed E-state index contributed by atoms with van der Waals surface area (Å²) in [4.78, 5) is 17.4. The van der Waals surface area contributed by atoms with Crippen LogP contribution in [0.25, 0.3) is 10.9 Å². The van der Waals surface area contributed by atoms with Crippen molar-refractivity contribution in [3.05, 3.63) is 54.7 Å². The van der Waals surface area contributed by atoms with Gasteiger partial charge in [0.15, 0.2) is 11.5 Å². The zero-order valence-electron chi connectivity index (χ0n) is 17.9. The lowest BCUT2D eigenvalue weighted by molar-refractivity contribution is -0.120. The highest BCUT2D eigenvalue weighted by Gasteiger charge is 2.34. The average molecular weight is 456 g/mol. The molecule has 1 atom stereocenters. The monoisotopic (exact) mass is 455 g/mol. The Kier molecular flexibility index (Phi) is 6.29. The van der Waals surface area contributed by atoms with Crippen LogP contribution in [-0.4, -0.2) is 50.9 Å². The fourth-order valence-electron chi connectivity index (χ4n) is 3.96. The standard InChI is InChI=1S/C23H25N3O5S/c1-30-19-11-10-18(14-20(19)31-2)25-23(27)17-8-5-13-26(15-17)32(28,29)21-9-3-6-16-7-4-12-24-22(16)21/h3-4,6-7,9-12,14,17H,5,8,13,15H2,1-2H3,(H,25,27)/t17-/m1/s1. The summed E-state index contributed by atoms with van der Waals surface area (Å²) in [6.45, 7) is 0.483. The van der Waals surface area contributed by atoms with Crippen molar-refractivity contribution in [1.29, 1.82) is 0 Å². The number of anilines is 1. The van der Waals surface area contributed by atoms with Gasteiger partial charge in [-0.1, -0.05) is 18.2 Å². The average Bonchev–Trinajstić information content (AvgIpc) is 2.83. The number of nitrogens with zero attached hydrogens (tertiary/aromatic N) is 2. The number of carbonyl (C=O) groups is 1. The first-order valence-electron chi connectivity index (χ1n) is 10.3. The first-order chi connectivity index (χ1) is 15.4. The van der Waals surface area contributed by atoms with Crippen LogP contribution in [0.3, 0.4) is 0 Å². The van der Waals surface area contributed by atoms with Crippen molar-refractivity contribution < 1.29 is 22.7 Å². The molecule has 32 heavy (non-hydrogen) atoms. The first kappa shape index (κ1) is 22.0. The van der Waals surface area contributed by atoms with E-state index in [9.17, 15) is 13.2 Å². The molecule has 0 spiro atoms.